The van der Waals surface area contributed by atoms with Gasteiger partial charge in [-0.25, -0.2) is 8.78 Å². The maximum atomic E-state index is 14.0. The van der Waals surface area contributed by atoms with E-state index in [1.54, 1.807) is 23.1 Å². The van der Waals surface area contributed by atoms with Crippen molar-refractivity contribution in [2.75, 3.05) is 48.8 Å². The topological polar surface area (TPSA) is 91.0 Å². The van der Waals surface area contributed by atoms with Gasteiger partial charge in [-0.3, -0.25) is 14.4 Å². The highest BCUT2D eigenvalue weighted by atomic mass is 19.1. The lowest BCUT2D eigenvalue weighted by molar-refractivity contribution is -0.143. The first-order valence-corrected chi connectivity index (χ1v) is 10.2. The van der Waals surface area contributed by atoms with E-state index in [-0.39, 0.29) is 19.0 Å². The Hall–Kier alpha value is -3.69. The fourth-order valence-corrected chi connectivity index (χ4v) is 3.88. The minimum absolute atomic E-state index is 0.0521. The number of amides is 3. The molecule has 10 heteroatoms. The molecule has 8 nitrogen and oxygen atoms in total. The fourth-order valence-electron chi connectivity index (χ4n) is 3.88. The van der Waals surface area contributed by atoms with Crippen LogP contribution >= 0.6 is 0 Å². The molecule has 2 N–H and O–H groups in total. The zero-order valence-electron chi connectivity index (χ0n) is 17.4. The summed E-state index contributed by atoms with van der Waals surface area (Å²) in [5.74, 6) is -3.54. The number of halogens is 2. The number of benzene rings is 2. The molecule has 3 amide bonds. The van der Waals surface area contributed by atoms with Gasteiger partial charge in [-0.2, -0.15) is 0 Å². The number of nitrogens with zero attached hydrogens (tertiary/aromatic N) is 2. The zero-order valence-corrected chi connectivity index (χ0v) is 17.4. The van der Waals surface area contributed by atoms with Crippen molar-refractivity contribution in [1.82, 2.24) is 4.90 Å². The van der Waals surface area contributed by atoms with E-state index in [1.807, 2.05) is 0 Å². The molecule has 2 heterocycles. The second kappa shape index (κ2) is 8.81. The van der Waals surface area contributed by atoms with Crippen LogP contribution in [0.3, 0.4) is 0 Å². The van der Waals surface area contributed by atoms with Gasteiger partial charge in [0.2, 0.25) is 5.91 Å². The van der Waals surface area contributed by atoms with Crippen LogP contribution in [0.2, 0.25) is 0 Å². The largest absolute Gasteiger partial charge is 0.491 e. The van der Waals surface area contributed by atoms with E-state index in [4.69, 9.17) is 4.74 Å². The van der Waals surface area contributed by atoms with E-state index < -0.39 is 29.2 Å². The number of aryl methyl sites for hydroxylation is 1. The standard InChI is InChI=1S/C22H22F2N4O4/c1-32-20-16(23)11-15(12-17(20)24)27-6-8-28(9-7-27)22(31)21(30)25-14-3-4-18-13(10-14)2-5-19(29)26-18/h3-4,10-12H,2,5-9H2,1H3,(H,25,30)(H,26,29). The normalized spacial score (nSPS) is 15.7. The smallest absolute Gasteiger partial charge is 0.313 e. The van der Waals surface area contributed by atoms with Crippen LogP contribution in [-0.4, -0.2) is 55.9 Å². The van der Waals surface area contributed by atoms with Gasteiger partial charge in [0.25, 0.3) is 0 Å². The van der Waals surface area contributed by atoms with Crippen molar-refractivity contribution in [2.45, 2.75) is 12.8 Å². The van der Waals surface area contributed by atoms with E-state index in [0.29, 0.717) is 43.0 Å². The molecule has 0 saturated carbocycles. The van der Waals surface area contributed by atoms with Crippen molar-refractivity contribution in [1.29, 1.82) is 0 Å². The third kappa shape index (κ3) is 4.34. The maximum absolute atomic E-state index is 14.0. The lowest BCUT2D eigenvalue weighted by Crippen LogP contribution is -2.51. The number of hydrogen-bond acceptors (Lipinski definition) is 5. The molecule has 0 radical (unpaired) electrons. The third-order valence-corrected chi connectivity index (χ3v) is 5.57. The van der Waals surface area contributed by atoms with Crippen molar-refractivity contribution >= 4 is 34.8 Å². The number of hydrogen-bond donors (Lipinski definition) is 2. The minimum atomic E-state index is -0.801. The van der Waals surface area contributed by atoms with E-state index in [9.17, 15) is 23.2 Å². The highest BCUT2D eigenvalue weighted by Crippen LogP contribution is 2.28. The number of anilines is 3. The number of carbonyl (C=O) groups is 3. The zero-order chi connectivity index (χ0) is 22.8. The number of nitrogens with one attached hydrogen (secondary N) is 2. The summed E-state index contributed by atoms with van der Waals surface area (Å²) in [6.45, 7) is 1.11. The predicted molar refractivity (Wildman–Crippen MR) is 114 cm³/mol. The molecule has 168 valence electrons. The van der Waals surface area contributed by atoms with Gasteiger partial charge < -0.3 is 25.2 Å². The Morgan fingerprint density at radius 1 is 1.03 bits per heavy atom. The minimum Gasteiger partial charge on any atom is -0.491 e. The molecule has 0 aliphatic carbocycles. The average molecular weight is 444 g/mol. The van der Waals surface area contributed by atoms with E-state index in [2.05, 4.69) is 10.6 Å². The molecular formula is C22H22F2N4O4. The van der Waals surface area contributed by atoms with E-state index in [1.165, 1.54) is 24.1 Å². The fraction of sp³-hybridized carbons (Fsp3) is 0.318. The van der Waals surface area contributed by atoms with Crippen molar-refractivity contribution in [3.8, 4) is 5.75 Å². The Labute approximate surface area is 183 Å². The second-order valence-corrected chi connectivity index (χ2v) is 7.60. The van der Waals surface area contributed by atoms with Gasteiger partial charge in [0.1, 0.15) is 0 Å². The molecule has 0 bridgehead atoms. The number of ether oxygens (including phenoxy) is 1. The van der Waals surface area contributed by atoms with E-state index in [0.717, 1.165) is 5.56 Å². The van der Waals surface area contributed by atoms with Gasteiger partial charge in [-0.05, 0) is 30.2 Å². The Kier molecular flexibility index (Phi) is 5.93. The molecule has 0 atom stereocenters. The lowest BCUT2D eigenvalue weighted by atomic mass is 10.0. The summed E-state index contributed by atoms with van der Waals surface area (Å²) >= 11 is 0. The first kappa shape index (κ1) is 21.5. The van der Waals surface area contributed by atoms with Crippen LogP contribution < -0.4 is 20.3 Å². The summed E-state index contributed by atoms with van der Waals surface area (Å²) in [5, 5.41) is 5.36. The monoisotopic (exact) mass is 444 g/mol. The molecule has 0 aromatic heterocycles. The molecule has 2 aliphatic heterocycles. The molecule has 0 unspecified atom stereocenters. The number of carbonyl (C=O) groups excluding carboxylic acids is 3. The van der Waals surface area contributed by atoms with Crippen molar-refractivity contribution in [3.63, 3.8) is 0 Å². The third-order valence-electron chi connectivity index (χ3n) is 5.57. The molecule has 2 aromatic carbocycles. The molecule has 0 spiro atoms. The second-order valence-electron chi connectivity index (χ2n) is 7.60. The van der Waals surface area contributed by atoms with Gasteiger partial charge in [-0.1, -0.05) is 0 Å². The van der Waals surface area contributed by atoms with Gasteiger partial charge >= 0.3 is 11.8 Å². The van der Waals surface area contributed by atoms with Crippen molar-refractivity contribution < 1.29 is 27.9 Å². The van der Waals surface area contributed by atoms with Crippen LogP contribution in [0.4, 0.5) is 25.8 Å². The van der Waals surface area contributed by atoms with Crippen molar-refractivity contribution in [3.05, 3.63) is 47.5 Å². The lowest BCUT2D eigenvalue weighted by Gasteiger charge is -2.35. The van der Waals surface area contributed by atoms with Gasteiger partial charge in [0, 0.05) is 61.8 Å². The van der Waals surface area contributed by atoms with Crippen LogP contribution in [-0.2, 0) is 20.8 Å². The summed E-state index contributed by atoms with van der Waals surface area (Å²) in [7, 11) is 1.19. The molecule has 2 aromatic rings. The molecule has 32 heavy (non-hydrogen) atoms. The van der Waals surface area contributed by atoms with Gasteiger partial charge in [-0.15, -0.1) is 0 Å². The number of methoxy groups -OCH3 is 1. The Morgan fingerprint density at radius 2 is 1.72 bits per heavy atom. The molecule has 1 fully saturated rings. The van der Waals surface area contributed by atoms with E-state index >= 15 is 0 Å². The Balaban J connectivity index is 1.35. The average Bonchev–Trinajstić information content (AvgIpc) is 2.78. The first-order valence-electron chi connectivity index (χ1n) is 10.2. The van der Waals surface area contributed by atoms with Gasteiger partial charge in [0.15, 0.2) is 17.4 Å². The van der Waals surface area contributed by atoms with Crippen LogP contribution in [0.25, 0.3) is 0 Å². The summed E-state index contributed by atoms with van der Waals surface area (Å²) < 4.78 is 32.7. The van der Waals surface area contributed by atoms with Crippen LogP contribution in [0.1, 0.15) is 12.0 Å². The van der Waals surface area contributed by atoms with Crippen LogP contribution in [0.15, 0.2) is 30.3 Å². The summed E-state index contributed by atoms with van der Waals surface area (Å²) in [6, 6.07) is 7.43. The van der Waals surface area contributed by atoms with Crippen LogP contribution in [0.5, 0.6) is 5.75 Å². The summed E-state index contributed by atoms with van der Waals surface area (Å²) in [6.07, 6.45) is 0.933. The summed E-state index contributed by atoms with van der Waals surface area (Å²) in [4.78, 5) is 39.6. The quantitative estimate of drug-likeness (QED) is 0.708. The highest BCUT2D eigenvalue weighted by molar-refractivity contribution is 6.39. The maximum Gasteiger partial charge on any atom is 0.313 e. The molecular weight excluding hydrogens is 422 g/mol. The SMILES string of the molecule is COc1c(F)cc(N2CCN(C(=O)C(=O)Nc3ccc4c(c3)CCC(=O)N4)CC2)cc1F. The molecule has 4 rings (SSSR count). The highest BCUT2D eigenvalue weighted by Gasteiger charge is 2.27. The predicted octanol–water partition coefficient (Wildman–Crippen LogP) is 2.15. The number of fused-ring (bicyclic) bond motifs is 1. The van der Waals surface area contributed by atoms with Gasteiger partial charge in [0.05, 0.1) is 7.11 Å². The number of piperazine rings is 1. The van der Waals surface area contributed by atoms with Crippen molar-refractivity contribution in [2.24, 2.45) is 0 Å². The number of rotatable bonds is 3. The first-order chi connectivity index (χ1) is 15.4. The summed E-state index contributed by atoms with van der Waals surface area (Å²) in [5.41, 5.74) is 2.41. The van der Waals surface area contributed by atoms with Crippen LogP contribution in [0, 0.1) is 11.6 Å². The Bertz CT molecular complexity index is 1060. The Morgan fingerprint density at radius 3 is 2.38 bits per heavy atom. The molecule has 2 aliphatic rings. The molecule has 1 saturated heterocycles.